The van der Waals surface area contributed by atoms with Crippen LogP contribution >= 0.6 is 0 Å². The molecule has 1 aromatic rings. The lowest BCUT2D eigenvalue weighted by Gasteiger charge is -2.26. The predicted molar refractivity (Wildman–Crippen MR) is 67.9 cm³/mol. The Hall–Kier alpha value is -0.870. The van der Waals surface area contributed by atoms with Gasteiger partial charge in [0.2, 0.25) is 5.89 Å². The molecule has 1 saturated heterocycles. The lowest BCUT2D eigenvalue weighted by Crippen LogP contribution is -2.36. The van der Waals surface area contributed by atoms with E-state index in [-0.39, 0.29) is 0 Å². The summed E-state index contributed by atoms with van der Waals surface area (Å²) in [6, 6.07) is 0. The summed E-state index contributed by atoms with van der Waals surface area (Å²) in [5.41, 5.74) is 1.01. The summed E-state index contributed by atoms with van der Waals surface area (Å²) in [4.78, 5) is 6.73. The summed E-state index contributed by atoms with van der Waals surface area (Å²) < 4.78 is 5.61. The summed E-state index contributed by atoms with van der Waals surface area (Å²) in [5.74, 6) is 2.55. The summed E-state index contributed by atoms with van der Waals surface area (Å²) in [6.07, 6.45) is 2.64. The Morgan fingerprint density at radius 1 is 1.47 bits per heavy atom. The Morgan fingerprint density at radius 3 is 2.88 bits per heavy atom. The zero-order valence-corrected chi connectivity index (χ0v) is 11.1. The van der Waals surface area contributed by atoms with Gasteiger partial charge in [-0.25, -0.2) is 4.98 Å². The summed E-state index contributed by atoms with van der Waals surface area (Å²) >= 11 is 0. The van der Waals surface area contributed by atoms with Crippen LogP contribution in [0.2, 0.25) is 0 Å². The average molecular weight is 237 g/mol. The minimum absolute atomic E-state index is 0.769. The van der Waals surface area contributed by atoms with Gasteiger partial charge in [-0.2, -0.15) is 0 Å². The SMILES string of the molecule is Cc1nc(CN(C)CC2CCCNC2)oc1C. The highest BCUT2D eigenvalue weighted by molar-refractivity contribution is 5.05. The van der Waals surface area contributed by atoms with E-state index in [0.29, 0.717) is 0 Å². The lowest BCUT2D eigenvalue weighted by molar-refractivity contribution is 0.220. The molecule has 1 aromatic heterocycles. The molecule has 0 saturated carbocycles. The van der Waals surface area contributed by atoms with Crippen LogP contribution in [0.1, 0.15) is 30.2 Å². The van der Waals surface area contributed by atoms with Gasteiger partial charge >= 0.3 is 0 Å². The quantitative estimate of drug-likeness (QED) is 0.866. The fraction of sp³-hybridized carbons (Fsp3) is 0.769. The second kappa shape index (κ2) is 5.65. The van der Waals surface area contributed by atoms with Crippen molar-refractivity contribution >= 4 is 0 Å². The van der Waals surface area contributed by atoms with Gasteiger partial charge in [-0.3, -0.25) is 4.90 Å². The van der Waals surface area contributed by atoms with Crippen LogP contribution in [0, 0.1) is 19.8 Å². The number of nitrogens with one attached hydrogen (secondary N) is 1. The van der Waals surface area contributed by atoms with Gasteiger partial charge in [0, 0.05) is 6.54 Å². The highest BCUT2D eigenvalue weighted by Gasteiger charge is 2.16. The minimum atomic E-state index is 0.769. The Bertz CT molecular complexity index is 336. The molecule has 1 atom stereocenters. The molecule has 1 unspecified atom stereocenters. The molecule has 1 fully saturated rings. The minimum Gasteiger partial charge on any atom is -0.444 e. The van der Waals surface area contributed by atoms with Crippen molar-refractivity contribution in [2.24, 2.45) is 5.92 Å². The van der Waals surface area contributed by atoms with Crippen LogP contribution in [-0.4, -0.2) is 36.6 Å². The van der Waals surface area contributed by atoms with Gasteiger partial charge in [-0.05, 0) is 52.7 Å². The summed E-state index contributed by atoms with van der Waals surface area (Å²) in [5, 5.41) is 3.45. The van der Waals surface area contributed by atoms with E-state index in [1.54, 1.807) is 0 Å². The normalized spacial score (nSPS) is 21.1. The summed E-state index contributed by atoms with van der Waals surface area (Å²) in [6.45, 7) is 8.22. The second-order valence-electron chi connectivity index (χ2n) is 5.16. The predicted octanol–water partition coefficient (Wildman–Crippen LogP) is 1.72. The highest BCUT2D eigenvalue weighted by Crippen LogP contribution is 2.14. The summed E-state index contributed by atoms with van der Waals surface area (Å²) in [7, 11) is 2.14. The Labute approximate surface area is 103 Å². The molecule has 0 radical (unpaired) electrons. The number of aryl methyl sites for hydroxylation is 2. The van der Waals surface area contributed by atoms with E-state index in [4.69, 9.17) is 4.42 Å². The first kappa shape index (κ1) is 12.6. The van der Waals surface area contributed by atoms with Crippen LogP contribution in [0.4, 0.5) is 0 Å². The van der Waals surface area contributed by atoms with E-state index >= 15 is 0 Å². The van der Waals surface area contributed by atoms with Crippen molar-refractivity contribution in [2.75, 3.05) is 26.7 Å². The first-order valence-electron chi connectivity index (χ1n) is 6.47. The zero-order chi connectivity index (χ0) is 12.3. The van der Waals surface area contributed by atoms with Crippen LogP contribution in [0.5, 0.6) is 0 Å². The molecule has 0 spiro atoms. The number of aromatic nitrogens is 1. The molecule has 0 bridgehead atoms. The Morgan fingerprint density at radius 2 is 2.29 bits per heavy atom. The van der Waals surface area contributed by atoms with Crippen LogP contribution < -0.4 is 5.32 Å². The van der Waals surface area contributed by atoms with Crippen LogP contribution in [-0.2, 0) is 6.54 Å². The largest absolute Gasteiger partial charge is 0.444 e. The van der Waals surface area contributed by atoms with E-state index in [1.165, 1.54) is 19.4 Å². The standard InChI is InChI=1S/C13H23N3O/c1-10-11(2)17-13(15-10)9-16(3)8-12-5-4-6-14-7-12/h12,14H,4-9H2,1-3H3. The number of oxazole rings is 1. The lowest BCUT2D eigenvalue weighted by atomic mass is 9.99. The van der Waals surface area contributed by atoms with Gasteiger partial charge in [-0.15, -0.1) is 0 Å². The van der Waals surface area contributed by atoms with E-state index in [0.717, 1.165) is 42.9 Å². The molecule has 0 aliphatic carbocycles. The number of piperidine rings is 1. The molecular formula is C13H23N3O. The smallest absolute Gasteiger partial charge is 0.208 e. The molecule has 2 rings (SSSR count). The van der Waals surface area contributed by atoms with Crippen LogP contribution in [0.15, 0.2) is 4.42 Å². The Balaban J connectivity index is 1.81. The molecule has 0 aromatic carbocycles. The van der Waals surface area contributed by atoms with Gasteiger partial charge in [0.25, 0.3) is 0 Å². The van der Waals surface area contributed by atoms with Gasteiger partial charge in [0.05, 0.1) is 12.2 Å². The van der Waals surface area contributed by atoms with Crippen molar-refractivity contribution < 1.29 is 4.42 Å². The maximum atomic E-state index is 5.61. The number of hydrogen-bond donors (Lipinski definition) is 1. The maximum Gasteiger partial charge on any atom is 0.208 e. The molecule has 2 heterocycles. The average Bonchev–Trinajstić information content (AvgIpc) is 2.59. The molecule has 17 heavy (non-hydrogen) atoms. The van der Waals surface area contributed by atoms with Crippen LogP contribution in [0.3, 0.4) is 0 Å². The van der Waals surface area contributed by atoms with Gasteiger partial charge in [0.15, 0.2) is 0 Å². The molecule has 1 N–H and O–H groups in total. The number of rotatable bonds is 4. The van der Waals surface area contributed by atoms with E-state index in [9.17, 15) is 0 Å². The highest BCUT2D eigenvalue weighted by atomic mass is 16.4. The number of nitrogens with zero attached hydrogens (tertiary/aromatic N) is 2. The van der Waals surface area contributed by atoms with E-state index < -0.39 is 0 Å². The maximum absolute atomic E-state index is 5.61. The van der Waals surface area contributed by atoms with Gasteiger partial charge in [-0.1, -0.05) is 0 Å². The second-order valence-corrected chi connectivity index (χ2v) is 5.16. The third-order valence-electron chi connectivity index (χ3n) is 3.45. The van der Waals surface area contributed by atoms with E-state index in [2.05, 4.69) is 22.2 Å². The van der Waals surface area contributed by atoms with Crippen molar-refractivity contribution in [1.82, 2.24) is 15.2 Å². The molecule has 1 aliphatic heterocycles. The zero-order valence-electron chi connectivity index (χ0n) is 11.1. The molecule has 1 aliphatic rings. The van der Waals surface area contributed by atoms with Crippen molar-refractivity contribution in [3.05, 3.63) is 17.3 Å². The Kier molecular flexibility index (Phi) is 4.18. The third-order valence-corrected chi connectivity index (χ3v) is 3.45. The topological polar surface area (TPSA) is 41.3 Å². The first-order valence-corrected chi connectivity index (χ1v) is 6.47. The fourth-order valence-electron chi connectivity index (χ4n) is 2.42. The fourth-order valence-corrected chi connectivity index (χ4v) is 2.42. The molecule has 0 amide bonds. The van der Waals surface area contributed by atoms with Crippen LogP contribution in [0.25, 0.3) is 0 Å². The molecule has 96 valence electrons. The van der Waals surface area contributed by atoms with Crippen molar-refractivity contribution in [2.45, 2.75) is 33.2 Å². The van der Waals surface area contributed by atoms with Crippen molar-refractivity contribution in [3.63, 3.8) is 0 Å². The number of hydrogen-bond acceptors (Lipinski definition) is 4. The van der Waals surface area contributed by atoms with E-state index in [1.807, 2.05) is 13.8 Å². The van der Waals surface area contributed by atoms with Gasteiger partial charge in [0.1, 0.15) is 5.76 Å². The van der Waals surface area contributed by atoms with Gasteiger partial charge < -0.3 is 9.73 Å². The van der Waals surface area contributed by atoms with Crippen molar-refractivity contribution in [3.8, 4) is 0 Å². The first-order chi connectivity index (χ1) is 8.15. The molecule has 4 nitrogen and oxygen atoms in total. The van der Waals surface area contributed by atoms with Crippen molar-refractivity contribution in [1.29, 1.82) is 0 Å². The molecular weight excluding hydrogens is 214 g/mol. The third kappa shape index (κ3) is 3.54. The molecule has 4 heteroatoms. The monoisotopic (exact) mass is 237 g/mol.